The Kier molecular flexibility index (Phi) is 6.07. The average Bonchev–Trinajstić information content (AvgIpc) is 3.07. The van der Waals surface area contributed by atoms with Gasteiger partial charge in [-0.05, 0) is 55.3 Å². The van der Waals surface area contributed by atoms with Gasteiger partial charge in [0.25, 0.3) is 15.2 Å². The van der Waals surface area contributed by atoms with Crippen molar-refractivity contribution >= 4 is 72.1 Å². The van der Waals surface area contributed by atoms with Crippen LogP contribution in [0.25, 0.3) is 10.2 Å². The topological polar surface area (TPSA) is 68.3 Å². The van der Waals surface area contributed by atoms with Crippen LogP contribution >= 0.6 is 46.1 Å². The molecule has 10 heteroatoms. The fraction of sp³-hybridized carbons (Fsp3) is 0.0952. The zero-order chi connectivity index (χ0) is 22.3. The molecule has 0 saturated carbocycles. The second-order valence-corrected chi connectivity index (χ2v) is 10.7. The second-order valence-electron chi connectivity index (χ2n) is 6.82. The Morgan fingerprint density at radius 3 is 2.48 bits per heavy atom. The zero-order valence-electron chi connectivity index (χ0n) is 16.2. The van der Waals surface area contributed by atoms with Gasteiger partial charge >= 0.3 is 0 Å². The number of hydrogen-bond donors (Lipinski definition) is 1. The van der Waals surface area contributed by atoms with Crippen molar-refractivity contribution in [3.63, 3.8) is 0 Å². The monoisotopic (exact) mass is 512 g/mol. The standard InChI is InChI=1S/C21H15Cl3N2O3S2/c1-11-4-3-5-18-20(11)25-21(30-18)29-15-8-13(22)7-14(9-15)26-31(27,28)19-6-12(2)16(23)10-17(19)24/h3-10,26H,1-2H3. The molecule has 4 aromatic rings. The van der Waals surface area contributed by atoms with Crippen molar-refractivity contribution in [1.82, 2.24) is 4.98 Å². The zero-order valence-corrected chi connectivity index (χ0v) is 20.1. The molecule has 0 amide bonds. The molecule has 5 nitrogen and oxygen atoms in total. The highest BCUT2D eigenvalue weighted by Gasteiger charge is 2.20. The molecule has 0 fully saturated rings. The number of fused-ring (bicyclic) bond motifs is 1. The quantitative estimate of drug-likeness (QED) is 0.300. The van der Waals surface area contributed by atoms with Crippen molar-refractivity contribution in [2.45, 2.75) is 18.7 Å². The van der Waals surface area contributed by atoms with Crippen LogP contribution < -0.4 is 9.46 Å². The Bertz CT molecular complexity index is 1420. The van der Waals surface area contributed by atoms with Crippen LogP contribution in [0.3, 0.4) is 0 Å². The molecule has 0 bridgehead atoms. The third-order valence-corrected chi connectivity index (χ3v) is 7.80. The van der Waals surface area contributed by atoms with Gasteiger partial charge in [0.15, 0.2) is 0 Å². The molecular weight excluding hydrogens is 499 g/mol. The van der Waals surface area contributed by atoms with E-state index in [2.05, 4.69) is 9.71 Å². The number of hydrogen-bond acceptors (Lipinski definition) is 5. The van der Waals surface area contributed by atoms with E-state index in [-0.39, 0.29) is 15.6 Å². The predicted octanol–water partition coefficient (Wildman–Crippen LogP) is 7.47. The summed E-state index contributed by atoms with van der Waals surface area (Å²) in [7, 11) is -3.98. The van der Waals surface area contributed by atoms with Crippen LogP contribution in [0, 0.1) is 13.8 Å². The summed E-state index contributed by atoms with van der Waals surface area (Å²) >= 11 is 19.7. The molecule has 31 heavy (non-hydrogen) atoms. The largest absolute Gasteiger partial charge is 0.431 e. The van der Waals surface area contributed by atoms with Crippen LogP contribution in [0.2, 0.25) is 15.1 Å². The van der Waals surface area contributed by atoms with Gasteiger partial charge in [-0.3, -0.25) is 4.72 Å². The molecule has 0 unspecified atom stereocenters. The summed E-state index contributed by atoms with van der Waals surface area (Å²) in [5.41, 5.74) is 2.72. The SMILES string of the molecule is Cc1cc(S(=O)(=O)Nc2cc(Cl)cc(Oc3nc4c(C)cccc4s3)c2)c(Cl)cc1Cl. The summed E-state index contributed by atoms with van der Waals surface area (Å²) in [6.45, 7) is 3.67. The van der Waals surface area contributed by atoms with Gasteiger partial charge in [0, 0.05) is 16.1 Å². The number of nitrogens with zero attached hydrogens (tertiary/aromatic N) is 1. The van der Waals surface area contributed by atoms with E-state index in [0.717, 1.165) is 15.8 Å². The number of rotatable bonds is 5. The lowest BCUT2D eigenvalue weighted by molar-refractivity contribution is 0.480. The van der Waals surface area contributed by atoms with E-state index in [1.54, 1.807) is 13.0 Å². The third kappa shape index (κ3) is 4.76. The van der Waals surface area contributed by atoms with Gasteiger partial charge in [-0.15, -0.1) is 0 Å². The Morgan fingerprint density at radius 2 is 1.74 bits per heavy atom. The van der Waals surface area contributed by atoms with Crippen LogP contribution in [0.1, 0.15) is 11.1 Å². The lowest BCUT2D eigenvalue weighted by atomic mass is 10.2. The van der Waals surface area contributed by atoms with E-state index >= 15 is 0 Å². The molecule has 0 spiro atoms. The highest BCUT2D eigenvalue weighted by Crippen LogP contribution is 2.36. The summed E-state index contributed by atoms with van der Waals surface area (Å²) < 4.78 is 35.1. The van der Waals surface area contributed by atoms with Gasteiger partial charge in [-0.1, -0.05) is 58.3 Å². The number of benzene rings is 3. The van der Waals surface area contributed by atoms with E-state index in [0.29, 0.717) is 26.6 Å². The van der Waals surface area contributed by atoms with Gasteiger partial charge < -0.3 is 4.74 Å². The molecule has 0 aliphatic heterocycles. The highest BCUT2D eigenvalue weighted by atomic mass is 35.5. The summed E-state index contributed by atoms with van der Waals surface area (Å²) in [4.78, 5) is 4.42. The number of para-hydroxylation sites is 1. The first-order valence-electron chi connectivity index (χ1n) is 8.95. The van der Waals surface area contributed by atoms with Gasteiger partial charge in [-0.2, -0.15) is 0 Å². The Hall–Kier alpha value is -2.03. The first-order chi connectivity index (χ1) is 14.6. The van der Waals surface area contributed by atoms with Crippen molar-refractivity contribution in [3.8, 4) is 10.9 Å². The summed E-state index contributed by atoms with van der Waals surface area (Å²) in [6, 6.07) is 13.3. The van der Waals surface area contributed by atoms with Crippen molar-refractivity contribution < 1.29 is 13.2 Å². The smallest absolute Gasteiger partial charge is 0.279 e. The highest BCUT2D eigenvalue weighted by molar-refractivity contribution is 7.92. The lowest BCUT2D eigenvalue weighted by Crippen LogP contribution is -2.14. The first kappa shape index (κ1) is 22.2. The minimum atomic E-state index is -3.98. The number of thiazole rings is 1. The Morgan fingerprint density at radius 1 is 0.968 bits per heavy atom. The fourth-order valence-corrected chi connectivity index (χ4v) is 5.95. The van der Waals surface area contributed by atoms with Gasteiger partial charge in [0.2, 0.25) is 0 Å². The lowest BCUT2D eigenvalue weighted by Gasteiger charge is -2.12. The summed E-state index contributed by atoms with van der Waals surface area (Å²) in [5.74, 6) is 0.347. The van der Waals surface area contributed by atoms with Crippen LogP contribution in [-0.2, 0) is 10.0 Å². The minimum Gasteiger partial charge on any atom is -0.431 e. The van der Waals surface area contributed by atoms with Crippen LogP contribution in [0.4, 0.5) is 5.69 Å². The number of nitrogens with one attached hydrogen (secondary N) is 1. The molecule has 1 aromatic heterocycles. The molecule has 0 atom stereocenters. The Balaban J connectivity index is 1.64. The normalized spacial score (nSPS) is 11.6. The first-order valence-corrected chi connectivity index (χ1v) is 12.4. The van der Waals surface area contributed by atoms with E-state index in [1.165, 1.54) is 35.6 Å². The molecule has 1 heterocycles. The van der Waals surface area contributed by atoms with E-state index in [4.69, 9.17) is 39.5 Å². The third-order valence-electron chi connectivity index (χ3n) is 4.43. The van der Waals surface area contributed by atoms with E-state index < -0.39 is 10.0 Å². The molecule has 160 valence electrons. The maximum absolute atomic E-state index is 12.9. The number of sulfonamides is 1. The molecular formula is C21H15Cl3N2O3S2. The van der Waals surface area contributed by atoms with Gasteiger partial charge in [-0.25, -0.2) is 13.4 Å². The summed E-state index contributed by atoms with van der Waals surface area (Å²) in [5, 5.41) is 1.13. The average molecular weight is 514 g/mol. The summed E-state index contributed by atoms with van der Waals surface area (Å²) in [6.07, 6.45) is 0. The van der Waals surface area contributed by atoms with Crippen LogP contribution in [0.5, 0.6) is 10.9 Å². The van der Waals surface area contributed by atoms with Crippen molar-refractivity contribution in [2.75, 3.05) is 4.72 Å². The molecule has 0 saturated heterocycles. The maximum Gasteiger partial charge on any atom is 0.279 e. The molecule has 3 aromatic carbocycles. The molecule has 0 aliphatic rings. The Labute approximate surface area is 198 Å². The van der Waals surface area contributed by atoms with Crippen molar-refractivity contribution in [1.29, 1.82) is 0 Å². The minimum absolute atomic E-state index is 0.0199. The molecule has 0 aliphatic carbocycles. The fourth-order valence-electron chi connectivity index (χ4n) is 2.94. The number of aryl methyl sites for hydroxylation is 2. The maximum atomic E-state index is 12.9. The molecule has 1 N–H and O–H groups in total. The number of anilines is 1. The molecule has 4 rings (SSSR count). The molecule has 0 radical (unpaired) electrons. The van der Waals surface area contributed by atoms with Crippen LogP contribution in [0.15, 0.2) is 53.4 Å². The second kappa shape index (κ2) is 8.48. The van der Waals surface area contributed by atoms with Crippen molar-refractivity contribution in [2.24, 2.45) is 0 Å². The van der Waals surface area contributed by atoms with E-state index in [9.17, 15) is 8.42 Å². The van der Waals surface area contributed by atoms with Gasteiger partial charge in [0.1, 0.15) is 10.6 Å². The van der Waals surface area contributed by atoms with Gasteiger partial charge in [0.05, 0.1) is 20.9 Å². The predicted molar refractivity (Wildman–Crippen MR) is 128 cm³/mol. The van der Waals surface area contributed by atoms with Crippen molar-refractivity contribution in [3.05, 3.63) is 74.7 Å². The number of ether oxygens (including phenoxy) is 1. The van der Waals surface area contributed by atoms with E-state index in [1.807, 2.05) is 25.1 Å². The number of halogens is 3. The van der Waals surface area contributed by atoms with Crippen LogP contribution in [-0.4, -0.2) is 13.4 Å². The number of aromatic nitrogens is 1.